The number of rotatable bonds is 8. The van der Waals surface area contributed by atoms with Gasteiger partial charge < -0.3 is 29.6 Å². The largest absolute Gasteiger partial charge is 0.422 e. The van der Waals surface area contributed by atoms with Crippen LogP contribution in [0.25, 0.3) is 11.0 Å². The van der Waals surface area contributed by atoms with Crippen molar-refractivity contribution in [1.82, 2.24) is 9.80 Å². The number of carbonyl (C=O) groups is 1. The Balaban J connectivity index is 1.76. The molecule has 1 aromatic carbocycles. The van der Waals surface area contributed by atoms with Crippen LogP contribution in [0.15, 0.2) is 27.4 Å². The lowest BCUT2D eigenvalue weighted by Crippen LogP contribution is -2.38. The summed E-state index contributed by atoms with van der Waals surface area (Å²) in [7, 11) is 0. The molecule has 0 aliphatic carbocycles. The molecule has 0 bridgehead atoms. The highest BCUT2D eigenvalue weighted by atomic mass is 16.5. The fourth-order valence-electron chi connectivity index (χ4n) is 3.61. The molecule has 1 fully saturated rings. The molecule has 2 amide bonds. The van der Waals surface area contributed by atoms with E-state index in [0.29, 0.717) is 36.5 Å². The number of urea groups is 1. The van der Waals surface area contributed by atoms with Gasteiger partial charge in [0.05, 0.1) is 26.4 Å². The first-order chi connectivity index (χ1) is 14.5. The molecule has 9 heteroatoms. The van der Waals surface area contributed by atoms with Crippen LogP contribution in [0.2, 0.25) is 0 Å². The van der Waals surface area contributed by atoms with Crippen LogP contribution in [0.4, 0.5) is 10.5 Å². The van der Waals surface area contributed by atoms with Crippen molar-refractivity contribution < 1.29 is 24.2 Å². The van der Waals surface area contributed by atoms with Gasteiger partial charge in [-0.05, 0) is 31.0 Å². The van der Waals surface area contributed by atoms with Gasteiger partial charge in [0.25, 0.3) is 0 Å². The Labute approximate surface area is 174 Å². The zero-order valence-corrected chi connectivity index (χ0v) is 17.2. The molecule has 3 rings (SSSR count). The maximum Gasteiger partial charge on any atom is 0.339 e. The van der Waals surface area contributed by atoms with Gasteiger partial charge in [0.1, 0.15) is 5.58 Å². The molecule has 3 N–H and O–H groups in total. The minimum Gasteiger partial charge on any atom is -0.422 e. The van der Waals surface area contributed by atoms with Gasteiger partial charge in [0, 0.05) is 55.4 Å². The Morgan fingerprint density at radius 2 is 1.90 bits per heavy atom. The molecule has 9 nitrogen and oxygen atoms in total. The van der Waals surface area contributed by atoms with E-state index >= 15 is 0 Å². The number of carbonyl (C=O) groups excluding carboxylic acids is 1. The van der Waals surface area contributed by atoms with Crippen molar-refractivity contribution in [3.8, 4) is 0 Å². The first kappa shape index (κ1) is 22.2. The number of morpholine rings is 1. The van der Waals surface area contributed by atoms with Gasteiger partial charge in [-0.3, -0.25) is 4.90 Å². The molecular formula is C21H29N3O6. The van der Waals surface area contributed by atoms with Crippen LogP contribution in [-0.2, 0) is 11.2 Å². The molecule has 1 saturated heterocycles. The van der Waals surface area contributed by atoms with Crippen LogP contribution >= 0.6 is 0 Å². The van der Waals surface area contributed by atoms with Crippen molar-refractivity contribution in [1.29, 1.82) is 0 Å². The predicted octanol–water partition coefficient (Wildman–Crippen LogP) is 0.795. The van der Waals surface area contributed by atoms with Crippen molar-refractivity contribution in [3.05, 3.63) is 39.7 Å². The molecule has 30 heavy (non-hydrogen) atoms. The van der Waals surface area contributed by atoms with Crippen LogP contribution in [-0.4, -0.2) is 85.2 Å². The van der Waals surface area contributed by atoms with E-state index in [1.807, 2.05) is 13.0 Å². The number of benzene rings is 1. The third-order valence-corrected chi connectivity index (χ3v) is 5.35. The fraction of sp³-hybridized carbons (Fsp3) is 0.524. The first-order valence-electron chi connectivity index (χ1n) is 10.2. The highest BCUT2D eigenvalue weighted by molar-refractivity contribution is 5.92. The maximum absolute atomic E-state index is 12.6. The van der Waals surface area contributed by atoms with E-state index in [0.717, 1.165) is 30.6 Å². The van der Waals surface area contributed by atoms with Crippen molar-refractivity contribution in [2.45, 2.75) is 13.3 Å². The molecule has 0 radical (unpaired) electrons. The molecule has 0 saturated carbocycles. The smallest absolute Gasteiger partial charge is 0.339 e. The summed E-state index contributed by atoms with van der Waals surface area (Å²) in [6, 6.07) is 4.74. The molecule has 2 aromatic rings. The fourth-order valence-corrected chi connectivity index (χ4v) is 3.61. The SMILES string of the molecule is Cc1c(CCN2CCOCC2)c(=O)oc2cc(NC(=O)N(CCO)CCO)ccc12. The van der Waals surface area contributed by atoms with Gasteiger partial charge in [0.2, 0.25) is 0 Å². The van der Waals surface area contributed by atoms with Gasteiger partial charge in [0.15, 0.2) is 0 Å². The van der Waals surface area contributed by atoms with Gasteiger partial charge in [-0.25, -0.2) is 9.59 Å². The second kappa shape index (κ2) is 10.5. The van der Waals surface area contributed by atoms with E-state index < -0.39 is 6.03 Å². The number of hydrogen-bond donors (Lipinski definition) is 3. The summed E-state index contributed by atoms with van der Waals surface area (Å²) in [6.45, 7) is 5.67. The topological polar surface area (TPSA) is 115 Å². The monoisotopic (exact) mass is 419 g/mol. The number of aryl methyl sites for hydroxylation is 1. The van der Waals surface area contributed by atoms with E-state index in [1.165, 1.54) is 4.90 Å². The van der Waals surface area contributed by atoms with E-state index in [2.05, 4.69) is 10.2 Å². The minimum absolute atomic E-state index is 0.112. The second-order valence-electron chi connectivity index (χ2n) is 7.27. The Hall–Kier alpha value is -2.46. The van der Waals surface area contributed by atoms with Crippen molar-refractivity contribution in [2.75, 3.05) is 64.5 Å². The number of hydrogen-bond acceptors (Lipinski definition) is 7. The van der Waals surface area contributed by atoms with Crippen LogP contribution in [0.5, 0.6) is 0 Å². The second-order valence-corrected chi connectivity index (χ2v) is 7.27. The Bertz CT molecular complexity index is 917. The summed E-state index contributed by atoms with van der Waals surface area (Å²) in [5.41, 5.74) is 2.06. The minimum atomic E-state index is -0.446. The van der Waals surface area contributed by atoms with Crippen molar-refractivity contribution in [3.63, 3.8) is 0 Å². The average Bonchev–Trinajstić information content (AvgIpc) is 2.74. The quantitative estimate of drug-likeness (QED) is 0.542. The Kier molecular flexibility index (Phi) is 7.81. The zero-order chi connectivity index (χ0) is 21.5. The van der Waals surface area contributed by atoms with Gasteiger partial charge in [-0.2, -0.15) is 0 Å². The number of aliphatic hydroxyl groups excluding tert-OH is 2. The van der Waals surface area contributed by atoms with E-state index in [4.69, 9.17) is 19.4 Å². The normalized spacial score (nSPS) is 14.8. The Morgan fingerprint density at radius 1 is 1.20 bits per heavy atom. The van der Waals surface area contributed by atoms with Crippen molar-refractivity contribution >= 4 is 22.7 Å². The summed E-state index contributed by atoms with van der Waals surface area (Å²) in [5.74, 6) is 0. The molecule has 164 valence electrons. The summed E-state index contributed by atoms with van der Waals surface area (Å²) >= 11 is 0. The maximum atomic E-state index is 12.6. The number of fused-ring (bicyclic) bond motifs is 1. The molecule has 0 unspecified atom stereocenters. The third kappa shape index (κ3) is 5.37. The van der Waals surface area contributed by atoms with E-state index in [-0.39, 0.29) is 31.9 Å². The lowest BCUT2D eigenvalue weighted by atomic mass is 10.0. The molecule has 0 spiro atoms. The van der Waals surface area contributed by atoms with Gasteiger partial charge in [-0.1, -0.05) is 0 Å². The number of nitrogens with one attached hydrogen (secondary N) is 1. The van der Waals surface area contributed by atoms with Gasteiger partial charge >= 0.3 is 11.7 Å². The molecule has 2 heterocycles. The lowest BCUT2D eigenvalue weighted by molar-refractivity contribution is 0.0383. The zero-order valence-electron chi connectivity index (χ0n) is 17.2. The molecule has 1 aliphatic heterocycles. The first-order valence-corrected chi connectivity index (χ1v) is 10.2. The van der Waals surface area contributed by atoms with E-state index in [9.17, 15) is 9.59 Å². The Morgan fingerprint density at radius 3 is 2.57 bits per heavy atom. The number of amides is 2. The standard InChI is InChI=1S/C21H29N3O6/c1-15-17-3-2-16(22-21(28)24(6-10-25)7-11-26)14-19(17)30-20(27)18(15)4-5-23-8-12-29-13-9-23/h2-3,14,25-26H,4-13H2,1H3,(H,22,28). The number of ether oxygens (including phenoxy) is 1. The molecule has 1 aliphatic rings. The highest BCUT2D eigenvalue weighted by Crippen LogP contribution is 2.23. The molecule has 1 aromatic heterocycles. The molecular weight excluding hydrogens is 390 g/mol. The molecule has 0 atom stereocenters. The summed E-state index contributed by atoms with van der Waals surface area (Å²) in [4.78, 5) is 28.5. The van der Waals surface area contributed by atoms with Crippen LogP contribution < -0.4 is 10.9 Å². The lowest BCUT2D eigenvalue weighted by Gasteiger charge is -2.26. The number of nitrogens with zero attached hydrogens (tertiary/aromatic N) is 2. The number of anilines is 1. The highest BCUT2D eigenvalue weighted by Gasteiger charge is 2.17. The van der Waals surface area contributed by atoms with Crippen LogP contribution in [0, 0.1) is 6.92 Å². The van der Waals surface area contributed by atoms with Crippen LogP contribution in [0.1, 0.15) is 11.1 Å². The van der Waals surface area contributed by atoms with E-state index in [1.54, 1.807) is 12.1 Å². The summed E-state index contributed by atoms with van der Waals surface area (Å²) < 4.78 is 10.9. The number of aliphatic hydroxyl groups is 2. The van der Waals surface area contributed by atoms with Crippen molar-refractivity contribution in [2.24, 2.45) is 0 Å². The summed E-state index contributed by atoms with van der Waals surface area (Å²) in [5, 5.41) is 21.7. The third-order valence-electron chi connectivity index (χ3n) is 5.35. The summed E-state index contributed by atoms with van der Waals surface area (Å²) in [6.07, 6.45) is 0.611. The average molecular weight is 419 g/mol. The predicted molar refractivity (Wildman–Crippen MR) is 113 cm³/mol. The van der Waals surface area contributed by atoms with Gasteiger partial charge in [-0.15, -0.1) is 0 Å². The van der Waals surface area contributed by atoms with Crippen LogP contribution in [0.3, 0.4) is 0 Å².